The summed E-state index contributed by atoms with van der Waals surface area (Å²) in [7, 11) is 1.91. The average Bonchev–Trinajstić information content (AvgIpc) is 2.41. The molecule has 0 spiro atoms. The number of unbranched alkanes of at least 4 members (excludes halogenated alkanes) is 1. The molecule has 1 amide bonds. The monoisotopic (exact) mass is 249 g/mol. The summed E-state index contributed by atoms with van der Waals surface area (Å²) in [5, 5.41) is 6.03. The molecular formula is C14H23N3O. The minimum Gasteiger partial charge on any atom is -0.352 e. The van der Waals surface area contributed by atoms with E-state index in [9.17, 15) is 4.79 Å². The smallest absolute Gasteiger partial charge is 0.251 e. The quantitative estimate of drug-likeness (QED) is 0.600. The molecule has 0 aliphatic rings. The van der Waals surface area contributed by atoms with Crippen LogP contribution >= 0.6 is 0 Å². The van der Waals surface area contributed by atoms with Crippen LogP contribution in [0.25, 0.3) is 0 Å². The van der Waals surface area contributed by atoms with Crippen LogP contribution in [0.15, 0.2) is 24.3 Å². The van der Waals surface area contributed by atoms with Gasteiger partial charge in [-0.15, -0.1) is 0 Å². The molecule has 0 atom stereocenters. The zero-order valence-electron chi connectivity index (χ0n) is 11.0. The second-order valence-electron chi connectivity index (χ2n) is 4.26. The molecule has 0 radical (unpaired) electrons. The Kier molecular flexibility index (Phi) is 7.06. The fourth-order valence-corrected chi connectivity index (χ4v) is 1.79. The number of benzene rings is 1. The van der Waals surface area contributed by atoms with E-state index in [4.69, 9.17) is 5.73 Å². The highest BCUT2D eigenvalue weighted by Crippen LogP contribution is 2.09. The summed E-state index contributed by atoms with van der Waals surface area (Å²) in [5.41, 5.74) is 7.28. The van der Waals surface area contributed by atoms with Crippen LogP contribution in [0.2, 0.25) is 0 Å². The van der Waals surface area contributed by atoms with E-state index in [1.807, 2.05) is 31.3 Å². The fourth-order valence-electron chi connectivity index (χ4n) is 1.79. The van der Waals surface area contributed by atoms with E-state index in [1.54, 1.807) is 0 Å². The van der Waals surface area contributed by atoms with Crippen molar-refractivity contribution in [3.05, 3.63) is 35.4 Å². The Morgan fingerprint density at radius 1 is 1.22 bits per heavy atom. The van der Waals surface area contributed by atoms with Gasteiger partial charge in [-0.25, -0.2) is 0 Å². The topological polar surface area (TPSA) is 67.2 Å². The Balaban J connectivity index is 2.55. The largest absolute Gasteiger partial charge is 0.352 e. The summed E-state index contributed by atoms with van der Waals surface area (Å²) in [5.74, 6) is 0.0127. The average molecular weight is 249 g/mol. The maximum Gasteiger partial charge on any atom is 0.251 e. The summed E-state index contributed by atoms with van der Waals surface area (Å²) in [6.45, 7) is 2.24. The molecular weight excluding hydrogens is 226 g/mol. The standard InChI is InChI=1S/C14H23N3O/c1-16-11-8-12-6-2-3-7-13(12)14(18)17-10-5-4-9-15/h2-3,6-7,16H,4-5,8-11,15H2,1H3,(H,17,18). The molecule has 0 saturated carbocycles. The summed E-state index contributed by atoms with van der Waals surface area (Å²) in [4.78, 5) is 12.0. The molecule has 0 bridgehead atoms. The number of carbonyl (C=O) groups is 1. The third kappa shape index (κ3) is 4.85. The Bertz CT molecular complexity index is 366. The zero-order chi connectivity index (χ0) is 13.2. The van der Waals surface area contributed by atoms with Gasteiger partial charge in [-0.05, 0) is 51.0 Å². The van der Waals surface area contributed by atoms with Crippen LogP contribution in [-0.4, -0.2) is 32.6 Å². The SMILES string of the molecule is CNCCc1ccccc1C(=O)NCCCCN. The van der Waals surface area contributed by atoms with E-state index in [-0.39, 0.29) is 5.91 Å². The predicted octanol–water partition coefficient (Wildman–Crippen LogP) is 0.917. The predicted molar refractivity (Wildman–Crippen MR) is 74.7 cm³/mol. The minimum absolute atomic E-state index is 0.0127. The molecule has 4 N–H and O–H groups in total. The lowest BCUT2D eigenvalue weighted by Gasteiger charge is -2.09. The number of hydrogen-bond acceptors (Lipinski definition) is 3. The van der Waals surface area contributed by atoms with Crippen molar-refractivity contribution < 1.29 is 4.79 Å². The molecule has 1 aromatic rings. The van der Waals surface area contributed by atoms with E-state index >= 15 is 0 Å². The fraction of sp³-hybridized carbons (Fsp3) is 0.500. The van der Waals surface area contributed by atoms with Crippen molar-refractivity contribution in [2.45, 2.75) is 19.3 Å². The summed E-state index contributed by atoms with van der Waals surface area (Å²) in [6, 6.07) is 7.75. The van der Waals surface area contributed by atoms with Crippen molar-refractivity contribution in [2.24, 2.45) is 5.73 Å². The lowest BCUT2D eigenvalue weighted by Crippen LogP contribution is -2.26. The molecule has 0 fully saturated rings. The van der Waals surface area contributed by atoms with Gasteiger partial charge in [0.2, 0.25) is 0 Å². The van der Waals surface area contributed by atoms with Gasteiger partial charge in [0.15, 0.2) is 0 Å². The first-order valence-corrected chi connectivity index (χ1v) is 6.50. The maximum atomic E-state index is 12.0. The van der Waals surface area contributed by atoms with E-state index in [1.165, 1.54) is 0 Å². The van der Waals surface area contributed by atoms with E-state index in [2.05, 4.69) is 10.6 Å². The Hall–Kier alpha value is -1.39. The van der Waals surface area contributed by atoms with Crippen LogP contribution in [0.3, 0.4) is 0 Å². The van der Waals surface area contributed by atoms with Crippen LogP contribution in [0.5, 0.6) is 0 Å². The van der Waals surface area contributed by atoms with Crippen LogP contribution in [0, 0.1) is 0 Å². The van der Waals surface area contributed by atoms with Gasteiger partial charge in [0, 0.05) is 12.1 Å². The van der Waals surface area contributed by atoms with Gasteiger partial charge in [0.25, 0.3) is 5.91 Å². The molecule has 0 aromatic heterocycles. The first-order chi connectivity index (χ1) is 8.79. The van der Waals surface area contributed by atoms with Crippen molar-refractivity contribution >= 4 is 5.91 Å². The molecule has 0 unspecified atom stereocenters. The van der Waals surface area contributed by atoms with Crippen LogP contribution in [-0.2, 0) is 6.42 Å². The van der Waals surface area contributed by atoms with Crippen LogP contribution in [0.1, 0.15) is 28.8 Å². The molecule has 18 heavy (non-hydrogen) atoms. The lowest BCUT2D eigenvalue weighted by molar-refractivity contribution is 0.0952. The third-order valence-corrected chi connectivity index (χ3v) is 2.82. The number of hydrogen-bond donors (Lipinski definition) is 3. The zero-order valence-corrected chi connectivity index (χ0v) is 11.0. The van der Waals surface area contributed by atoms with Gasteiger partial charge in [-0.3, -0.25) is 4.79 Å². The number of likely N-dealkylation sites (N-methyl/N-ethyl adjacent to an activating group) is 1. The van der Waals surface area contributed by atoms with Crippen molar-refractivity contribution in [3.8, 4) is 0 Å². The first-order valence-electron chi connectivity index (χ1n) is 6.50. The van der Waals surface area contributed by atoms with Crippen molar-refractivity contribution in [2.75, 3.05) is 26.7 Å². The van der Waals surface area contributed by atoms with Crippen molar-refractivity contribution in [1.29, 1.82) is 0 Å². The van der Waals surface area contributed by atoms with E-state index in [0.717, 1.165) is 36.9 Å². The number of rotatable bonds is 8. The molecule has 100 valence electrons. The normalized spacial score (nSPS) is 10.3. The number of nitrogens with two attached hydrogens (primary N) is 1. The molecule has 0 saturated heterocycles. The van der Waals surface area contributed by atoms with Crippen molar-refractivity contribution in [3.63, 3.8) is 0 Å². The summed E-state index contributed by atoms with van der Waals surface area (Å²) >= 11 is 0. The molecule has 4 nitrogen and oxygen atoms in total. The molecule has 4 heteroatoms. The lowest BCUT2D eigenvalue weighted by atomic mass is 10.0. The highest BCUT2D eigenvalue weighted by atomic mass is 16.1. The van der Waals surface area contributed by atoms with Crippen molar-refractivity contribution in [1.82, 2.24) is 10.6 Å². The maximum absolute atomic E-state index is 12.0. The van der Waals surface area contributed by atoms with E-state index < -0.39 is 0 Å². The van der Waals surface area contributed by atoms with Gasteiger partial charge in [-0.1, -0.05) is 18.2 Å². The van der Waals surface area contributed by atoms with Gasteiger partial charge >= 0.3 is 0 Å². The summed E-state index contributed by atoms with van der Waals surface area (Å²) < 4.78 is 0. The second-order valence-corrected chi connectivity index (χ2v) is 4.26. The Morgan fingerprint density at radius 2 is 2.00 bits per heavy atom. The first kappa shape index (κ1) is 14.7. The molecule has 1 rings (SSSR count). The van der Waals surface area contributed by atoms with E-state index in [0.29, 0.717) is 13.1 Å². The van der Waals surface area contributed by atoms with Gasteiger partial charge in [0.05, 0.1) is 0 Å². The highest BCUT2D eigenvalue weighted by Gasteiger charge is 2.09. The third-order valence-electron chi connectivity index (χ3n) is 2.82. The highest BCUT2D eigenvalue weighted by molar-refractivity contribution is 5.95. The molecule has 0 aliphatic heterocycles. The Labute approximate surface area is 109 Å². The molecule has 1 aromatic carbocycles. The number of amides is 1. The number of nitrogens with one attached hydrogen (secondary N) is 2. The van der Waals surface area contributed by atoms with Gasteiger partial charge in [-0.2, -0.15) is 0 Å². The number of carbonyl (C=O) groups excluding carboxylic acids is 1. The summed E-state index contributed by atoms with van der Waals surface area (Å²) in [6.07, 6.45) is 2.74. The van der Waals surface area contributed by atoms with Gasteiger partial charge < -0.3 is 16.4 Å². The van der Waals surface area contributed by atoms with Gasteiger partial charge in [0.1, 0.15) is 0 Å². The molecule has 0 aliphatic carbocycles. The molecule has 0 heterocycles. The van der Waals surface area contributed by atoms with Crippen LogP contribution < -0.4 is 16.4 Å². The minimum atomic E-state index is 0.0127. The van der Waals surface area contributed by atoms with Crippen LogP contribution in [0.4, 0.5) is 0 Å². The Morgan fingerprint density at radius 3 is 2.72 bits per heavy atom. The second kappa shape index (κ2) is 8.66.